The molecular weight excluding hydrogens is 434 g/mol. The van der Waals surface area contributed by atoms with Crippen LogP contribution in [0.15, 0.2) is 133 Å². The summed E-state index contributed by atoms with van der Waals surface area (Å²) in [6, 6.07) is 48.4. The second-order valence-electron chi connectivity index (χ2n) is 9.48. The maximum absolute atomic E-state index is 2.43. The van der Waals surface area contributed by atoms with Gasteiger partial charge < -0.3 is 4.90 Å². The number of nitrogens with zero attached hydrogens (tertiary/aromatic N) is 1. The van der Waals surface area contributed by atoms with Crippen LogP contribution in [-0.4, -0.2) is 0 Å². The second-order valence-corrected chi connectivity index (χ2v) is 9.48. The maximum Gasteiger partial charge on any atom is 0.0546 e. The van der Waals surface area contributed by atoms with Crippen molar-refractivity contribution < 1.29 is 0 Å². The molecule has 0 bridgehead atoms. The molecule has 0 fully saturated rings. The summed E-state index contributed by atoms with van der Waals surface area (Å²) < 4.78 is 0. The van der Waals surface area contributed by atoms with Gasteiger partial charge in [-0.15, -0.1) is 0 Å². The van der Waals surface area contributed by atoms with Crippen LogP contribution >= 0.6 is 0 Å². The molecule has 0 saturated heterocycles. The molecule has 0 aromatic heterocycles. The Hall–Kier alpha value is -4.62. The predicted molar refractivity (Wildman–Crippen MR) is 156 cm³/mol. The fraction of sp³-hybridized carbons (Fsp3) is 0.0286. The molecular formula is C35H25N. The highest BCUT2D eigenvalue weighted by atomic mass is 15.1. The van der Waals surface area contributed by atoms with Crippen molar-refractivity contribution in [2.24, 2.45) is 0 Å². The van der Waals surface area contributed by atoms with Crippen LogP contribution in [0, 0.1) is 6.92 Å². The topological polar surface area (TPSA) is 3.24 Å². The van der Waals surface area contributed by atoms with Crippen molar-refractivity contribution in [1.29, 1.82) is 0 Å². The molecule has 7 aromatic carbocycles. The molecule has 0 aliphatic rings. The summed E-state index contributed by atoms with van der Waals surface area (Å²) in [5.41, 5.74) is 4.79. The lowest BCUT2D eigenvalue weighted by Gasteiger charge is -2.29. The largest absolute Gasteiger partial charge is 0.310 e. The Morgan fingerprint density at radius 1 is 0.417 bits per heavy atom. The smallest absolute Gasteiger partial charge is 0.0546 e. The Bertz CT molecular complexity index is 1910. The van der Waals surface area contributed by atoms with Crippen LogP contribution in [-0.2, 0) is 0 Å². The van der Waals surface area contributed by atoms with E-state index in [0.29, 0.717) is 0 Å². The molecule has 0 radical (unpaired) electrons. The minimum atomic E-state index is 1.16. The third-order valence-corrected chi connectivity index (χ3v) is 7.33. The van der Waals surface area contributed by atoms with Gasteiger partial charge in [-0.05, 0) is 74.5 Å². The van der Waals surface area contributed by atoms with E-state index < -0.39 is 0 Å². The van der Waals surface area contributed by atoms with Crippen LogP contribution in [0.2, 0.25) is 0 Å². The van der Waals surface area contributed by atoms with Crippen molar-refractivity contribution in [2.45, 2.75) is 6.92 Å². The zero-order valence-electron chi connectivity index (χ0n) is 20.1. The lowest BCUT2D eigenvalue weighted by Crippen LogP contribution is -2.12. The van der Waals surface area contributed by atoms with Gasteiger partial charge in [0.05, 0.1) is 5.69 Å². The SMILES string of the molecule is Cc1ccccc1N(c1ccc2c(ccc3ccccc32)c1)c1cccc2ccc3ccccc3c12. The molecule has 0 atom stereocenters. The van der Waals surface area contributed by atoms with Crippen LogP contribution < -0.4 is 4.90 Å². The first kappa shape index (κ1) is 20.7. The lowest BCUT2D eigenvalue weighted by molar-refractivity contribution is 1.27. The molecule has 170 valence electrons. The van der Waals surface area contributed by atoms with E-state index in [1.807, 2.05) is 0 Å². The van der Waals surface area contributed by atoms with Crippen molar-refractivity contribution in [3.05, 3.63) is 139 Å². The summed E-state index contributed by atoms with van der Waals surface area (Å²) in [5.74, 6) is 0. The molecule has 36 heavy (non-hydrogen) atoms. The van der Waals surface area contributed by atoms with E-state index in [2.05, 4.69) is 145 Å². The Labute approximate surface area is 210 Å². The van der Waals surface area contributed by atoms with E-state index >= 15 is 0 Å². The first-order valence-corrected chi connectivity index (χ1v) is 12.5. The van der Waals surface area contributed by atoms with Crippen LogP contribution in [0.25, 0.3) is 43.1 Å². The first-order valence-electron chi connectivity index (χ1n) is 12.5. The highest BCUT2D eigenvalue weighted by Gasteiger charge is 2.18. The molecule has 0 N–H and O–H groups in total. The van der Waals surface area contributed by atoms with Gasteiger partial charge in [-0.2, -0.15) is 0 Å². The number of hydrogen-bond acceptors (Lipinski definition) is 1. The number of para-hydroxylation sites is 1. The van der Waals surface area contributed by atoms with E-state index in [4.69, 9.17) is 0 Å². The fourth-order valence-corrected chi connectivity index (χ4v) is 5.59. The van der Waals surface area contributed by atoms with Gasteiger partial charge in [0.25, 0.3) is 0 Å². The van der Waals surface area contributed by atoms with Crippen molar-refractivity contribution in [2.75, 3.05) is 4.90 Å². The average Bonchev–Trinajstić information content (AvgIpc) is 2.94. The third kappa shape index (κ3) is 3.25. The monoisotopic (exact) mass is 459 g/mol. The van der Waals surface area contributed by atoms with Gasteiger partial charge in [0.1, 0.15) is 0 Å². The minimum Gasteiger partial charge on any atom is -0.310 e. The van der Waals surface area contributed by atoms with E-state index in [-0.39, 0.29) is 0 Å². The molecule has 7 aromatic rings. The molecule has 0 saturated carbocycles. The summed E-state index contributed by atoms with van der Waals surface area (Å²) in [6.45, 7) is 2.19. The molecule has 0 aliphatic carbocycles. The van der Waals surface area contributed by atoms with Crippen molar-refractivity contribution in [3.8, 4) is 0 Å². The van der Waals surface area contributed by atoms with E-state index in [9.17, 15) is 0 Å². The van der Waals surface area contributed by atoms with Gasteiger partial charge in [0, 0.05) is 16.8 Å². The Kier molecular flexibility index (Phi) is 4.75. The van der Waals surface area contributed by atoms with Gasteiger partial charge in [-0.3, -0.25) is 0 Å². The predicted octanol–water partition coefficient (Wildman–Crippen LogP) is 10.1. The molecule has 0 aliphatic heterocycles. The Morgan fingerprint density at radius 2 is 1.00 bits per heavy atom. The normalized spacial score (nSPS) is 11.5. The zero-order chi connectivity index (χ0) is 24.1. The van der Waals surface area contributed by atoms with Crippen molar-refractivity contribution >= 4 is 60.2 Å². The number of rotatable bonds is 3. The van der Waals surface area contributed by atoms with Crippen LogP contribution in [0.3, 0.4) is 0 Å². The number of fused-ring (bicyclic) bond motifs is 6. The summed E-state index contributed by atoms with van der Waals surface area (Å²) in [5, 5.41) is 10.1. The number of benzene rings is 7. The molecule has 0 amide bonds. The first-order chi connectivity index (χ1) is 17.8. The van der Waals surface area contributed by atoms with Crippen LogP contribution in [0.4, 0.5) is 17.1 Å². The molecule has 7 rings (SSSR count). The summed E-state index contributed by atoms with van der Waals surface area (Å²) >= 11 is 0. The van der Waals surface area contributed by atoms with E-state index in [1.165, 1.54) is 60.0 Å². The molecule has 0 spiro atoms. The zero-order valence-corrected chi connectivity index (χ0v) is 20.1. The minimum absolute atomic E-state index is 1.16. The van der Waals surface area contributed by atoms with E-state index in [1.54, 1.807) is 0 Å². The highest BCUT2D eigenvalue weighted by molar-refractivity contribution is 6.15. The van der Waals surface area contributed by atoms with Gasteiger partial charge in [0.2, 0.25) is 0 Å². The van der Waals surface area contributed by atoms with Crippen molar-refractivity contribution in [1.82, 2.24) is 0 Å². The quantitative estimate of drug-likeness (QED) is 0.238. The Morgan fingerprint density at radius 3 is 1.83 bits per heavy atom. The second kappa shape index (κ2) is 8.25. The molecule has 1 nitrogen and oxygen atoms in total. The Balaban J connectivity index is 1.55. The highest BCUT2D eigenvalue weighted by Crippen LogP contribution is 2.43. The van der Waals surface area contributed by atoms with Gasteiger partial charge in [-0.25, -0.2) is 0 Å². The van der Waals surface area contributed by atoms with Gasteiger partial charge in [0.15, 0.2) is 0 Å². The molecule has 0 unspecified atom stereocenters. The third-order valence-electron chi connectivity index (χ3n) is 7.33. The molecule has 0 heterocycles. The molecule has 1 heteroatoms. The number of anilines is 3. The average molecular weight is 460 g/mol. The standard InChI is InChI=1S/C35H25N/c1-24-9-2-7-15-33(24)36(29-21-22-31-28(23-29)20-18-25-10-3-5-13-30(25)31)34-16-8-12-27-19-17-26-11-4-6-14-32(26)35(27)34/h2-23H,1H3. The van der Waals surface area contributed by atoms with Gasteiger partial charge in [-0.1, -0.05) is 109 Å². The van der Waals surface area contributed by atoms with E-state index in [0.717, 1.165) is 5.69 Å². The fourth-order valence-electron chi connectivity index (χ4n) is 5.59. The maximum atomic E-state index is 2.43. The van der Waals surface area contributed by atoms with Crippen LogP contribution in [0.5, 0.6) is 0 Å². The van der Waals surface area contributed by atoms with Crippen molar-refractivity contribution in [3.63, 3.8) is 0 Å². The summed E-state index contributed by atoms with van der Waals surface area (Å²) in [4.78, 5) is 2.43. The summed E-state index contributed by atoms with van der Waals surface area (Å²) in [6.07, 6.45) is 0. The summed E-state index contributed by atoms with van der Waals surface area (Å²) in [7, 11) is 0. The van der Waals surface area contributed by atoms with Crippen LogP contribution in [0.1, 0.15) is 5.56 Å². The number of hydrogen-bond donors (Lipinski definition) is 0. The lowest BCUT2D eigenvalue weighted by atomic mass is 9.98. The van der Waals surface area contributed by atoms with Gasteiger partial charge >= 0.3 is 0 Å². The number of aryl methyl sites for hydroxylation is 1.